The van der Waals surface area contributed by atoms with Gasteiger partial charge in [-0.25, -0.2) is 9.59 Å². The number of carbonyl (C=O) groups is 2. The lowest BCUT2D eigenvalue weighted by Gasteiger charge is -2.23. The van der Waals surface area contributed by atoms with Crippen LogP contribution in [0.4, 0.5) is 4.79 Å². The summed E-state index contributed by atoms with van der Waals surface area (Å²) in [7, 11) is 0. The maximum absolute atomic E-state index is 11.6. The molecular formula is C12H22N2O4. The number of carboxylic acids is 1. The van der Waals surface area contributed by atoms with Crippen LogP contribution in [0.25, 0.3) is 0 Å². The molecule has 104 valence electrons. The third-order valence-corrected chi connectivity index (χ3v) is 3.11. The molecule has 6 heteroatoms. The van der Waals surface area contributed by atoms with Crippen molar-refractivity contribution in [3.05, 3.63) is 0 Å². The molecule has 6 nitrogen and oxygen atoms in total. The third-order valence-electron chi connectivity index (χ3n) is 3.11. The van der Waals surface area contributed by atoms with Gasteiger partial charge in [-0.1, -0.05) is 13.8 Å². The molecule has 0 aromatic heterocycles. The molecule has 3 N–H and O–H groups in total. The third kappa shape index (κ3) is 4.91. The molecular weight excluding hydrogens is 236 g/mol. The average molecular weight is 258 g/mol. The quantitative estimate of drug-likeness (QED) is 0.681. The molecule has 0 aromatic carbocycles. The molecule has 0 radical (unpaired) electrons. The first kappa shape index (κ1) is 14.8. The van der Waals surface area contributed by atoms with Gasteiger partial charge in [-0.2, -0.15) is 0 Å². The Morgan fingerprint density at radius 1 is 1.33 bits per heavy atom. The second kappa shape index (κ2) is 7.20. The average Bonchev–Trinajstić information content (AvgIpc) is 2.34. The zero-order valence-electron chi connectivity index (χ0n) is 10.9. The zero-order valence-corrected chi connectivity index (χ0v) is 10.9. The smallest absolute Gasteiger partial charge is 0.326 e. The Hall–Kier alpha value is -1.30. The Morgan fingerprint density at radius 2 is 1.94 bits per heavy atom. The highest BCUT2D eigenvalue weighted by atomic mass is 16.5. The Balaban J connectivity index is 2.29. The topological polar surface area (TPSA) is 87.7 Å². The normalized spacial score (nSPS) is 18.4. The number of carbonyl (C=O) groups excluding carboxylic acids is 1. The van der Waals surface area contributed by atoms with E-state index in [1.807, 2.05) is 0 Å². The first-order valence-electron chi connectivity index (χ1n) is 6.35. The number of aliphatic carboxylic acids is 1. The zero-order chi connectivity index (χ0) is 13.5. The van der Waals surface area contributed by atoms with Crippen molar-refractivity contribution in [2.24, 2.45) is 11.8 Å². The standard InChI is InChI=1S/C12H22N2O4/c1-8(2)10(11(15)16)14-12(17)13-7-9-3-5-18-6-4-9/h8-10H,3-7H2,1-2H3,(H,15,16)(H2,13,14,17)/t10-/m0/s1. The fourth-order valence-corrected chi connectivity index (χ4v) is 1.89. The van der Waals surface area contributed by atoms with E-state index < -0.39 is 18.0 Å². The van der Waals surface area contributed by atoms with Gasteiger partial charge in [0.1, 0.15) is 6.04 Å². The van der Waals surface area contributed by atoms with Crippen molar-refractivity contribution >= 4 is 12.0 Å². The summed E-state index contributed by atoms with van der Waals surface area (Å²) in [5, 5.41) is 14.1. The Bertz CT molecular complexity index is 288. The minimum Gasteiger partial charge on any atom is -0.480 e. The maximum atomic E-state index is 11.6. The molecule has 0 spiro atoms. The summed E-state index contributed by atoms with van der Waals surface area (Å²) in [4.78, 5) is 22.5. The summed E-state index contributed by atoms with van der Waals surface area (Å²) in [5.41, 5.74) is 0. The van der Waals surface area contributed by atoms with Crippen LogP contribution in [-0.2, 0) is 9.53 Å². The lowest BCUT2D eigenvalue weighted by molar-refractivity contribution is -0.140. The molecule has 0 unspecified atom stereocenters. The van der Waals surface area contributed by atoms with Crippen LogP contribution in [0.5, 0.6) is 0 Å². The summed E-state index contributed by atoms with van der Waals surface area (Å²) in [6, 6.07) is -1.26. The second-order valence-electron chi connectivity index (χ2n) is 4.97. The second-order valence-corrected chi connectivity index (χ2v) is 4.97. The van der Waals surface area contributed by atoms with Crippen LogP contribution in [-0.4, -0.2) is 42.9 Å². The Morgan fingerprint density at radius 3 is 2.44 bits per heavy atom. The first-order chi connectivity index (χ1) is 8.50. The SMILES string of the molecule is CC(C)[C@H](NC(=O)NCC1CCOCC1)C(=O)O. The molecule has 0 bridgehead atoms. The number of rotatable bonds is 5. The fraction of sp³-hybridized carbons (Fsp3) is 0.833. The van der Waals surface area contributed by atoms with Crippen molar-refractivity contribution in [1.29, 1.82) is 0 Å². The molecule has 1 saturated heterocycles. The largest absolute Gasteiger partial charge is 0.480 e. The molecule has 1 atom stereocenters. The van der Waals surface area contributed by atoms with Gasteiger partial charge in [-0.15, -0.1) is 0 Å². The van der Waals surface area contributed by atoms with Gasteiger partial charge in [-0.3, -0.25) is 0 Å². The van der Waals surface area contributed by atoms with Crippen molar-refractivity contribution in [2.45, 2.75) is 32.7 Å². The highest BCUT2D eigenvalue weighted by Crippen LogP contribution is 2.13. The van der Waals surface area contributed by atoms with Crippen LogP contribution in [0, 0.1) is 11.8 Å². The van der Waals surface area contributed by atoms with Crippen LogP contribution >= 0.6 is 0 Å². The van der Waals surface area contributed by atoms with E-state index in [1.54, 1.807) is 13.8 Å². The molecule has 1 heterocycles. The monoisotopic (exact) mass is 258 g/mol. The lowest BCUT2D eigenvalue weighted by Crippen LogP contribution is -2.49. The summed E-state index contributed by atoms with van der Waals surface area (Å²) in [6.07, 6.45) is 1.87. The van der Waals surface area contributed by atoms with E-state index >= 15 is 0 Å². The van der Waals surface area contributed by atoms with E-state index in [1.165, 1.54) is 0 Å². The summed E-state index contributed by atoms with van der Waals surface area (Å²) in [6.45, 7) is 5.56. The lowest BCUT2D eigenvalue weighted by atomic mass is 10.0. The summed E-state index contributed by atoms with van der Waals surface area (Å²) in [5.74, 6) is -0.727. The molecule has 2 amide bonds. The van der Waals surface area contributed by atoms with Crippen molar-refractivity contribution in [3.63, 3.8) is 0 Å². The van der Waals surface area contributed by atoms with Gasteiger partial charge in [0.05, 0.1) is 0 Å². The van der Waals surface area contributed by atoms with Crippen molar-refractivity contribution in [1.82, 2.24) is 10.6 Å². The van der Waals surface area contributed by atoms with Crippen molar-refractivity contribution in [2.75, 3.05) is 19.8 Å². The minimum atomic E-state index is -1.01. The number of amides is 2. The van der Waals surface area contributed by atoms with E-state index in [9.17, 15) is 9.59 Å². The van der Waals surface area contributed by atoms with Gasteiger partial charge < -0.3 is 20.5 Å². The maximum Gasteiger partial charge on any atom is 0.326 e. The number of nitrogens with one attached hydrogen (secondary N) is 2. The van der Waals surface area contributed by atoms with Crippen LogP contribution in [0.3, 0.4) is 0 Å². The van der Waals surface area contributed by atoms with Gasteiger partial charge in [0, 0.05) is 19.8 Å². The number of hydrogen-bond acceptors (Lipinski definition) is 3. The minimum absolute atomic E-state index is 0.142. The van der Waals surface area contributed by atoms with Gasteiger partial charge in [0.25, 0.3) is 0 Å². The van der Waals surface area contributed by atoms with Gasteiger partial charge >= 0.3 is 12.0 Å². The molecule has 0 saturated carbocycles. The van der Waals surface area contributed by atoms with Crippen LogP contribution in [0.2, 0.25) is 0 Å². The van der Waals surface area contributed by atoms with Crippen LogP contribution in [0.15, 0.2) is 0 Å². The number of carboxylic acid groups (broad SMARTS) is 1. The predicted molar refractivity (Wildman–Crippen MR) is 66.3 cm³/mol. The van der Waals surface area contributed by atoms with Gasteiger partial charge in [0.15, 0.2) is 0 Å². The van der Waals surface area contributed by atoms with E-state index in [2.05, 4.69) is 10.6 Å². The number of urea groups is 1. The molecule has 1 rings (SSSR count). The Labute approximate surface area is 107 Å². The molecule has 1 aliphatic rings. The van der Waals surface area contributed by atoms with Gasteiger partial charge in [-0.05, 0) is 24.7 Å². The van der Waals surface area contributed by atoms with Crippen molar-refractivity contribution < 1.29 is 19.4 Å². The van der Waals surface area contributed by atoms with Crippen LogP contribution in [0.1, 0.15) is 26.7 Å². The molecule has 1 fully saturated rings. The van der Waals surface area contributed by atoms with E-state index in [0.29, 0.717) is 12.5 Å². The number of ether oxygens (including phenoxy) is 1. The van der Waals surface area contributed by atoms with E-state index in [4.69, 9.17) is 9.84 Å². The van der Waals surface area contributed by atoms with E-state index in [-0.39, 0.29) is 5.92 Å². The summed E-state index contributed by atoms with van der Waals surface area (Å²) >= 11 is 0. The van der Waals surface area contributed by atoms with Crippen LogP contribution < -0.4 is 10.6 Å². The molecule has 18 heavy (non-hydrogen) atoms. The predicted octanol–water partition coefficient (Wildman–Crippen LogP) is 0.821. The van der Waals surface area contributed by atoms with E-state index in [0.717, 1.165) is 26.1 Å². The Kier molecular flexibility index (Phi) is 5.91. The highest BCUT2D eigenvalue weighted by Gasteiger charge is 2.23. The molecule has 1 aliphatic heterocycles. The van der Waals surface area contributed by atoms with Crippen molar-refractivity contribution in [3.8, 4) is 0 Å². The highest BCUT2D eigenvalue weighted by molar-refractivity contribution is 5.82. The number of hydrogen-bond donors (Lipinski definition) is 3. The molecule has 0 aromatic rings. The van der Waals surface area contributed by atoms with Gasteiger partial charge in [0.2, 0.25) is 0 Å². The summed E-state index contributed by atoms with van der Waals surface area (Å²) < 4.78 is 5.23. The molecule has 0 aliphatic carbocycles. The fourth-order valence-electron chi connectivity index (χ4n) is 1.89. The first-order valence-corrected chi connectivity index (χ1v) is 6.35.